The van der Waals surface area contributed by atoms with Crippen molar-refractivity contribution in [2.75, 3.05) is 19.7 Å². The smallest absolute Gasteiger partial charge is 0.325 e. The van der Waals surface area contributed by atoms with Crippen LogP contribution in [0, 0.1) is 5.41 Å². The maximum Gasteiger partial charge on any atom is 0.325 e. The van der Waals surface area contributed by atoms with Gasteiger partial charge in [0.05, 0.1) is 6.61 Å². The van der Waals surface area contributed by atoms with Crippen molar-refractivity contribution < 1.29 is 14.3 Å². The quantitative estimate of drug-likeness (QED) is 0.709. The molecule has 1 aliphatic rings. The van der Waals surface area contributed by atoms with Crippen molar-refractivity contribution >= 4 is 11.9 Å². The molecule has 0 spiro atoms. The highest BCUT2D eigenvalue weighted by Gasteiger charge is 2.37. The van der Waals surface area contributed by atoms with Gasteiger partial charge in [-0.2, -0.15) is 0 Å². The lowest BCUT2D eigenvalue weighted by atomic mass is 9.74. The van der Waals surface area contributed by atoms with Gasteiger partial charge in [-0.15, -0.1) is 0 Å². The first kappa shape index (κ1) is 15.0. The maximum absolute atomic E-state index is 12.5. The number of ether oxygens (including phenoxy) is 1. The van der Waals surface area contributed by atoms with Crippen LogP contribution in [-0.4, -0.2) is 36.5 Å². The summed E-state index contributed by atoms with van der Waals surface area (Å²) in [6.45, 7) is 6.72. The zero-order valence-electron chi connectivity index (χ0n) is 11.8. The molecule has 0 aliphatic heterocycles. The molecule has 1 saturated carbocycles. The molecule has 0 saturated heterocycles. The fourth-order valence-electron chi connectivity index (χ4n) is 2.62. The highest BCUT2D eigenvalue weighted by atomic mass is 16.5. The molecular weight excluding hydrogens is 230 g/mol. The van der Waals surface area contributed by atoms with Crippen LogP contribution in [0.25, 0.3) is 0 Å². The molecule has 0 bridgehead atoms. The Labute approximate surface area is 110 Å². The molecule has 0 aromatic heterocycles. The Morgan fingerprint density at radius 3 is 2.28 bits per heavy atom. The standard InChI is InChI=1S/C14H25NO3/c1-4-15(11-12(16)18-5-2)13(17)14(3)9-7-6-8-10-14/h4-11H2,1-3H3. The molecule has 1 amide bonds. The van der Waals surface area contributed by atoms with Gasteiger partial charge < -0.3 is 9.64 Å². The fourth-order valence-corrected chi connectivity index (χ4v) is 2.62. The molecule has 0 heterocycles. The Bertz CT molecular complexity index is 295. The molecule has 0 aromatic carbocycles. The predicted molar refractivity (Wildman–Crippen MR) is 70.1 cm³/mol. The van der Waals surface area contributed by atoms with Gasteiger partial charge in [-0.3, -0.25) is 9.59 Å². The number of amides is 1. The van der Waals surface area contributed by atoms with E-state index in [1.807, 2.05) is 13.8 Å². The van der Waals surface area contributed by atoms with Gasteiger partial charge in [-0.25, -0.2) is 0 Å². The fraction of sp³-hybridized carbons (Fsp3) is 0.857. The summed E-state index contributed by atoms with van der Waals surface area (Å²) in [4.78, 5) is 25.6. The monoisotopic (exact) mass is 255 g/mol. The van der Waals surface area contributed by atoms with Gasteiger partial charge in [-0.1, -0.05) is 26.2 Å². The van der Waals surface area contributed by atoms with Gasteiger partial charge >= 0.3 is 5.97 Å². The summed E-state index contributed by atoms with van der Waals surface area (Å²) in [6, 6.07) is 0. The summed E-state index contributed by atoms with van der Waals surface area (Å²) >= 11 is 0. The summed E-state index contributed by atoms with van der Waals surface area (Å²) in [6.07, 6.45) is 5.31. The van der Waals surface area contributed by atoms with E-state index in [4.69, 9.17) is 4.74 Å². The number of hydrogen-bond donors (Lipinski definition) is 0. The van der Waals surface area contributed by atoms with E-state index in [1.54, 1.807) is 11.8 Å². The second-order valence-electron chi connectivity index (χ2n) is 5.25. The second-order valence-corrected chi connectivity index (χ2v) is 5.25. The topological polar surface area (TPSA) is 46.6 Å². The molecule has 4 nitrogen and oxygen atoms in total. The van der Waals surface area contributed by atoms with Crippen LogP contribution in [0.4, 0.5) is 0 Å². The molecule has 1 rings (SSSR count). The van der Waals surface area contributed by atoms with Crippen LogP contribution in [0.2, 0.25) is 0 Å². The minimum atomic E-state index is -0.313. The lowest BCUT2D eigenvalue weighted by molar-refractivity contribution is -0.153. The van der Waals surface area contributed by atoms with Crippen molar-refractivity contribution in [1.82, 2.24) is 4.90 Å². The lowest BCUT2D eigenvalue weighted by Crippen LogP contribution is -2.45. The number of esters is 1. The van der Waals surface area contributed by atoms with Crippen molar-refractivity contribution in [3.8, 4) is 0 Å². The number of carbonyl (C=O) groups excluding carboxylic acids is 2. The Hall–Kier alpha value is -1.06. The van der Waals surface area contributed by atoms with E-state index >= 15 is 0 Å². The molecule has 18 heavy (non-hydrogen) atoms. The minimum absolute atomic E-state index is 0.0821. The van der Waals surface area contributed by atoms with Gasteiger partial charge in [0, 0.05) is 12.0 Å². The first-order valence-corrected chi connectivity index (χ1v) is 6.98. The first-order chi connectivity index (χ1) is 8.53. The molecule has 0 N–H and O–H groups in total. The van der Waals surface area contributed by atoms with E-state index in [0.717, 1.165) is 25.7 Å². The zero-order chi connectivity index (χ0) is 13.6. The van der Waals surface area contributed by atoms with Crippen LogP contribution in [0.15, 0.2) is 0 Å². The molecular formula is C14H25NO3. The Morgan fingerprint density at radius 1 is 1.17 bits per heavy atom. The highest BCUT2D eigenvalue weighted by molar-refractivity contribution is 5.86. The number of rotatable bonds is 5. The van der Waals surface area contributed by atoms with Crippen LogP contribution in [0.1, 0.15) is 52.9 Å². The maximum atomic E-state index is 12.5. The van der Waals surface area contributed by atoms with Gasteiger partial charge in [-0.05, 0) is 26.7 Å². The van der Waals surface area contributed by atoms with Crippen molar-refractivity contribution in [2.45, 2.75) is 52.9 Å². The number of likely N-dealkylation sites (N-methyl/N-ethyl adjacent to an activating group) is 1. The average molecular weight is 255 g/mol. The Kier molecular flexibility index (Phi) is 5.63. The van der Waals surface area contributed by atoms with E-state index < -0.39 is 0 Å². The third-order valence-corrected chi connectivity index (χ3v) is 3.77. The van der Waals surface area contributed by atoms with E-state index in [9.17, 15) is 9.59 Å². The van der Waals surface area contributed by atoms with Crippen molar-refractivity contribution in [2.24, 2.45) is 5.41 Å². The lowest BCUT2D eigenvalue weighted by Gasteiger charge is -2.36. The van der Waals surface area contributed by atoms with Crippen LogP contribution >= 0.6 is 0 Å². The van der Waals surface area contributed by atoms with Crippen molar-refractivity contribution in [3.05, 3.63) is 0 Å². The first-order valence-electron chi connectivity index (χ1n) is 6.98. The van der Waals surface area contributed by atoms with E-state index in [2.05, 4.69) is 0 Å². The summed E-state index contributed by atoms with van der Waals surface area (Å²) < 4.78 is 4.91. The van der Waals surface area contributed by atoms with Crippen molar-refractivity contribution in [3.63, 3.8) is 0 Å². The predicted octanol–water partition coefficient (Wildman–Crippen LogP) is 2.37. The zero-order valence-corrected chi connectivity index (χ0v) is 11.8. The third kappa shape index (κ3) is 3.72. The van der Waals surface area contributed by atoms with Crippen LogP contribution < -0.4 is 0 Å². The largest absolute Gasteiger partial charge is 0.465 e. The SMILES string of the molecule is CCOC(=O)CN(CC)C(=O)C1(C)CCCCC1. The molecule has 104 valence electrons. The van der Waals surface area contributed by atoms with Gasteiger partial charge in [0.25, 0.3) is 0 Å². The number of hydrogen-bond acceptors (Lipinski definition) is 3. The average Bonchev–Trinajstić information content (AvgIpc) is 2.36. The molecule has 0 unspecified atom stereocenters. The van der Waals surface area contributed by atoms with Crippen LogP contribution in [0.5, 0.6) is 0 Å². The highest BCUT2D eigenvalue weighted by Crippen LogP contribution is 2.37. The Balaban J connectivity index is 2.63. The normalized spacial score (nSPS) is 18.2. The van der Waals surface area contributed by atoms with E-state index in [-0.39, 0.29) is 23.8 Å². The molecule has 0 atom stereocenters. The number of carbonyl (C=O) groups is 2. The van der Waals surface area contributed by atoms with Gasteiger partial charge in [0.2, 0.25) is 5.91 Å². The van der Waals surface area contributed by atoms with Crippen LogP contribution in [-0.2, 0) is 14.3 Å². The molecule has 4 heteroatoms. The molecule has 0 radical (unpaired) electrons. The van der Waals surface area contributed by atoms with Crippen LogP contribution in [0.3, 0.4) is 0 Å². The van der Waals surface area contributed by atoms with Gasteiger partial charge in [0.1, 0.15) is 6.54 Å². The second kappa shape index (κ2) is 6.76. The summed E-state index contributed by atoms with van der Waals surface area (Å²) in [5.41, 5.74) is -0.277. The Morgan fingerprint density at radius 2 is 1.78 bits per heavy atom. The number of nitrogens with zero attached hydrogens (tertiary/aromatic N) is 1. The summed E-state index contributed by atoms with van der Waals surface area (Å²) in [5.74, 6) is -0.204. The summed E-state index contributed by atoms with van der Waals surface area (Å²) in [5, 5.41) is 0. The van der Waals surface area contributed by atoms with Gasteiger partial charge in [0.15, 0.2) is 0 Å². The van der Waals surface area contributed by atoms with E-state index in [0.29, 0.717) is 13.2 Å². The molecule has 1 aliphatic carbocycles. The molecule has 1 fully saturated rings. The van der Waals surface area contributed by atoms with E-state index in [1.165, 1.54) is 6.42 Å². The summed E-state index contributed by atoms with van der Waals surface area (Å²) in [7, 11) is 0. The minimum Gasteiger partial charge on any atom is -0.465 e. The third-order valence-electron chi connectivity index (χ3n) is 3.77. The van der Waals surface area contributed by atoms with Crippen molar-refractivity contribution in [1.29, 1.82) is 0 Å². The molecule has 0 aromatic rings.